The molecule has 2 aromatic carbocycles. The van der Waals surface area contributed by atoms with Gasteiger partial charge < -0.3 is 9.64 Å². The molecule has 4 rings (SSSR count). The highest BCUT2D eigenvalue weighted by atomic mass is 32.2. The molecule has 2 heterocycles. The minimum absolute atomic E-state index is 0.0978. The number of carbonyl (C=O) groups is 1. The Bertz CT molecular complexity index is 1110. The molecule has 38 heavy (non-hydrogen) atoms. The molecule has 0 aliphatic carbocycles. The topological polar surface area (TPSA) is 32.8 Å². The fraction of sp³-hybridized carbons (Fsp3) is 0.500. The molecule has 2 aliphatic rings. The fourth-order valence-electron chi connectivity index (χ4n) is 4.95. The molecular formula is C30H37F3N2O2S. The predicted molar refractivity (Wildman–Crippen MR) is 146 cm³/mol. The molecule has 0 amide bonds. The van der Waals surface area contributed by atoms with Gasteiger partial charge in [0, 0.05) is 55.5 Å². The van der Waals surface area contributed by atoms with Crippen molar-refractivity contribution in [3.63, 3.8) is 0 Å². The van der Waals surface area contributed by atoms with Crippen molar-refractivity contribution in [1.82, 2.24) is 9.80 Å². The average Bonchev–Trinajstić information content (AvgIpc) is 2.91. The number of unbranched alkanes of at least 4 members (excludes halogenated alkanes) is 3. The van der Waals surface area contributed by atoms with Gasteiger partial charge in [0.1, 0.15) is 6.61 Å². The van der Waals surface area contributed by atoms with Crippen molar-refractivity contribution in [2.45, 2.75) is 61.4 Å². The standard InChI is InChI=1S/C30H37F3N2O2S/c1-2-3-4-5-12-29(36)37-21-20-35-18-16-34(17-19-35)15-8-10-24-25-9-6-7-11-27(25)38-28-14-13-23(22-26(24)28)30(31,32)33/h6-7,9-11,13-14,22H,2-5,8,12,15-21H2,1H3/b24-10-. The van der Waals surface area contributed by atoms with Crippen LogP contribution in [0.2, 0.25) is 0 Å². The Labute approximate surface area is 228 Å². The summed E-state index contributed by atoms with van der Waals surface area (Å²) in [5, 5.41) is 0. The number of piperazine rings is 1. The lowest BCUT2D eigenvalue weighted by molar-refractivity contribution is -0.144. The maximum Gasteiger partial charge on any atom is 0.416 e. The van der Waals surface area contributed by atoms with Crippen molar-refractivity contribution in [3.8, 4) is 0 Å². The molecule has 2 aliphatic heterocycles. The van der Waals surface area contributed by atoms with E-state index in [4.69, 9.17) is 4.74 Å². The first-order valence-corrected chi connectivity index (χ1v) is 14.5. The second-order valence-electron chi connectivity index (χ2n) is 9.93. The van der Waals surface area contributed by atoms with Crippen LogP contribution in [0.25, 0.3) is 5.57 Å². The summed E-state index contributed by atoms with van der Waals surface area (Å²) in [6.45, 7) is 7.89. The molecule has 206 valence electrons. The molecule has 0 spiro atoms. The summed E-state index contributed by atoms with van der Waals surface area (Å²) in [5.74, 6) is -0.0978. The van der Waals surface area contributed by atoms with Gasteiger partial charge in [-0.1, -0.05) is 62.2 Å². The Morgan fingerprint density at radius 1 is 0.947 bits per heavy atom. The van der Waals surface area contributed by atoms with Gasteiger partial charge in [0.15, 0.2) is 0 Å². The zero-order valence-electron chi connectivity index (χ0n) is 22.1. The third-order valence-corrected chi connectivity index (χ3v) is 8.31. The van der Waals surface area contributed by atoms with E-state index in [2.05, 4.69) is 22.8 Å². The number of hydrogen-bond acceptors (Lipinski definition) is 5. The van der Waals surface area contributed by atoms with E-state index in [1.807, 2.05) is 24.3 Å². The van der Waals surface area contributed by atoms with Gasteiger partial charge in [-0.05, 0) is 53.8 Å². The molecule has 0 saturated carbocycles. The number of fused-ring (bicyclic) bond motifs is 2. The second-order valence-corrected chi connectivity index (χ2v) is 11.0. The van der Waals surface area contributed by atoms with Crippen LogP contribution >= 0.6 is 11.8 Å². The second kappa shape index (κ2) is 13.7. The molecule has 0 bridgehead atoms. The number of alkyl halides is 3. The van der Waals surface area contributed by atoms with Crippen LogP contribution in [0.5, 0.6) is 0 Å². The summed E-state index contributed by atoms with van der Waals surface area (Å²) in [5.41, 5.74) is 1.93. The van der Waals surface area contributed by atoms with Crippen molar-refractivity contribution in [2.75, 3.05) is 45.9 Å². The van der Waals surface area contributed by atoms with E-state index in [1.54, 1.807) is 6.07 Å². The number of rotatable bonds is 11. The first kappa shape index (κ1) is 28.7. The van der Waals surface area contributed by atoms with Crippen molar-refractivity contribution in [1.29, 1.82) is 0 Å². The first-order chi connectivity index (χ1) is 18.3. The van der Waals surface area contributed by atoms with Crippen LogP contribution in [0, 0.1) is 0 Å². The maximum atomic E-state index is 13.4. The Morgan fingerprint density at radius 3 is 2.39 bits per heavy atom. The van der Waals surface area contributed by atoms with Gasteiger partial charge in [-0.3, -0.25) is 9.69 Å². The van der Waals surface area contributed by atoms with Crippen LogP contribution in [-0.2, 0) is 15.7 Å². The summed E-state index contributed by atoms with van der Waals surface area (Å²) in [6.07, 6.45) is 3.31. The van der Waals surface area contributed by atoms with E-state index < -0.39 is 11.7 Å². The summed E-state index contributed by atoms with van der Waals surface area (Å²) >= 11 is 1.53. The first-order valence-electron chi connectivity index (χ1n) is 13.6. The Balaban J connectivity index is 1.28. The summed E-state index contributed by atoms with van der Waals surface area (Å²) in [7, 11) is 0. The molecule has 2 aromatic rings. The Hall–Kier alpha value is -2.29. The highest BCUT2D eigenvalue weighted by Crippen LogP contribution is 2.47. The van der Waals surface area contributed by atoms with Crippen molar-refractivity contribution in [2.24, 2.45) is 0 Å². The largest absolute Gasteiger partial charge is 0.464 e. The molecule has 8 heteroatoms. The lowest BCUT2D eigenvalue weighted by Gasteiger charge is -2.34. The quantitative estimate of drug-likeness (QED) is 0.189. The van der Waals surface area contributed by atoms with Gasteiger partial charge in [0.05, 0.1) is 5.56 Å². The lowest BCUT2D eigenvalue weighted by atomic mass is 9.94. The van der Waals surface area contributed by atoms with Crippen LogP contribution in [0.3, 0.4) is 0 Å². The van der Waals surface area contributed by atoms with E-state index in [-0.39, 0.29) is 5.97 Å². The average molecular weight is 547 g/mol. The molecule has 4 nitrogen and oxygen atoms in total. The zero-order chi connectivity index (χ0) is 27.0. The van der Waals surface area contributed by atoms with Crippen molar-refractivity contribution in [3.05, 3.63) is 65.2 Å². The highest BCUT2D eigenvalue weighted by Gasteiger charge is 2.32. The van der Waals surface area contributed by atoms with Crippen LogP contribution in [0.15, 0.2) is 58.3 Å². The highest BCUT2D eigenvalue weighted by molar-refractivity contribution is 7.99. The monoisotopic (exact) mass is 546 g/mol. The minimum atomic E-state index is -4.37. The zero-order valence-corrected chi connectivity index (χ0v) is 22.9. The predicted octanol–water partition coefficient (Wildman–Crippen LogP) is 7.12. The molecule has 0 atom stereocenters. The van der Waals surface area contributed by atoms with E-state index in [1.165, 1.54) is 23.9 Å². The smallest absolute Gasteiger partial charge is 0.416 e. The molecule has 1 fully saturated rings. The Morgan fingerprint density at radius 2 is 1.66 bits per heavy atom. The number of carbonyl (C=O) groups excluding carboxylic acids is 1. The molecule has 0 aromatic heterocycles. The van der Waals surface area contributed by atoms with E-state index in [0.29, 0.717) is 18.6 Å². The fourth-order valence-corrected chi connectivity index (χ4v) is 6.04. The molecule has 1 saturated heterocycles. The van der Waals surface area contributed by atoms with E-state index in [0.717, 1.165) is 92.3 Å². The maximum absolute atomic E-state index is 13.4. The number of halogens is 3. The van der Waals surface area contributed by atoms with Gasteiger partial charge in [0.2, 0.25) is 0 Å². The molecule has 0 N–H and O–H groups in total. The molecule has 0 radical (unpaired) electrons. The number of hydrogen-bond donors (Lipinski definition) is 0. The Kier molecular flexibility index (Phi) is 10.3. The van der Waals surface area contributed by atoms with Gasteiger partial charge in [0.25, 0.3) is 0 Å². The lowest BCUT2D eigenvalue weighted by Crippen LogP contribution is -2.47. The SMILES string of the molecule is CCCCCCC(=O)OCCN1CCN(CC/C=C2/c3ccccc3Sc3ccc(C(F)(F)F)cc32)CC1. The minimum Gasteiger partial charge on any atom is -0.464 e. The number of ether oxygens (including phenoxy) is 1. The van der Waals surface area contributed by atoms with Gasteiger partial charge in [-0.25, -0.2) is 0 Å². The molecular weight excluding hydrogens is 509 g/mol. The summed E-state index contributed by atoms with van der Waals surface area (Å²) in [4.78, 5) is 18.5. The normalized spacial score (nSPS) is 17.3. The van der Waals surface area contributed by atoms with Gasteiger partial charge in [-0.2, -0.15) is 13.2 Å². The van der Waals surface area contributed by atoms with Crippen molar-refractivity contribution >= 4 is 23.3 Å². The van der Waals surface area contributed by atoms with E-state index in [9.17, 15) is 18.0 Å². The van der Waals surface area contributed by atoms with Crippen LogP contribution in [-0.4, -0.2) is 61.6 Å². The van der Waals surface area contributed by atoms with E-state index >= 15 is 0 Å². The third-order valence-electron chi connectivity index (χ3n) is 7.16. The van der Waals surface area contributed by atoms with Crippen molar-refractivity contribution < 1.29 is 22.7 Å². The molecule has 0 unspecified atom stereocenters. The van der Waals surface area contributed by atoms with Gasteiger partial charge in [-0.15, -0.1) is 0 Å². The summed E-state index contributed by atoms with van der Waals surface area (Å²) < 4.78 is 45.7. The van der Waals surface area contributed by atoms with Crippen LogP contribution in [0.1, 0.15) is 62.1 Å². The third kappa shape index (κ3) is 7.87. The van der Waals surface area contributed by atoms with Crippen LogP contribution < -0.4 is 0 Å². The summed E-state index contributed by atoms with van der Waals surface area (Å²) in [6, 6.07) is 12.0. The van der Waals surface area contributed by atoms with Crippen LogP contribution in [0.4, 0.5) is 13.2 Å². The number of nitrogens with zero attached hydrogens (tertiary/aromatic N) is 2. The number of benzene rings is 2. The van der Waals surface area contributed by atoms with Gasteiger partial charge >= 0.3 is 12.1 Å². The number of esters is 1.